The van der Waals surface area contributed by atoms with Gasteiger partial charge in [0.2, 0.25) is 0 Å². The molecule has 114 valence electrons. The molecule has 0 amide bonds. The summed E-state index contributed by atoms with van der Waals surface area (Å²) in [6, 6.07) is 8.15. The SMILES string of the molecule is CC[C@H](CO)N(Cc1ccccn1)Cc1cc(C)nn1C. The van der Waals surface area contributed by atoms with Crippen LogP contribution in [0.5, 0.6) is 0 Å². The van der Waals surface area contributed by atoms with Crippen molar-refractivity contribution >= 4 is 0 Å². The number of rotatable bonds is 7. The Morgan fingerprint density at radius 2 is 2.14 bits per heavy atom. The number of nitrogens with zero attached hydrogens (tertiary/aromatic N) is 4. The van der Waals surface area contributed by atoms with E-state index in [1.165, 1.54) is 0 Å². The van der Waals surface area contributed by atoms with Crippen molar-refractivity contribution in [2.24, 2.45) is 7.05 Å². The van der Waals surface area contributed by atoms with Gasteiger partial charge in [0.05, 0.1) is 23.7 Å². The predicted molar refractivity (Wildman–Crippen MR) is 82.6 cm³/mol. The molecule has 1 N–H and O–H groups in total. The molecule has 0 aliphatic rings. The fourth-order valence-corrected chi connectivity index (χ4v) is 2.54. The molecular weight excluding hydrogens is 264 g/mol. The lowest BCUT2D eigenvalue weighted by Gasteiger charge is -2.29. The minimum atomic E-state index is 0.127. The molecule has 1 atom stereocenters. The molecule has 2 rings (SSSR count). The van der Waals surface area contributed by atoms with Crippen molar-refractivity contribution in [2.75, 3.05) is 6.61 Å². The van der Waals surface area contributed by atoms with E-state index in [0.717, 1.165) is 36.6 Å². The van der Waals surface area contributed by atoms with Crippen molar-refractivity contribution in [3.63, 3.8) is 0 Å². The van der Waals surface area contributed by atoms with Crippen molar-refractivity contribution in [1.82, 2.24) is 19.7 Å². The molecule has 0 aromatic carbocycles. The summed E-state index contributed by atoms with van der Waals surface area (Å²) in [5, 5.41) is 14.0. The van der Waals surface area contributed by atoms with Crippen LogP contribution >= 0.6 is 0 Å². The smallest absolute Gasteiger partial charge is 0.0597 e. The van der Waals surface area contributed by atoms with Crippen molar-refractivity contribution in [1.29, 1.82) is 0 Å². The number of aromatic nitrogens is 3. The van der Waals surface area contributed by atoms with Crippen LogP contribution in [-0.4, -0.2) is 37.4 Å². The van der Waals surface area contributed by atoms with E-state index in [4.69, 9.17) is 0 Å². The maximum atomic E-state index is 9.64. The lowest BCUT2D eigenvalue weighted by atomic mass is 10.1. The Hall–Kier alpha value is -1.72. The van der Waals surface area contributed by atoms with Gasteiger partial charge in [0.1, 0.15) is 0 Å². The Bertz CT molecular complexity index is 549. The first-order valence-electron chi connectivity index (χ1n) is 7.38. The molecule has 0 fully saturated rings. The highest BCUT2D eigenvalue weighted by atomic mass is 16.3. The number of aliphatic hydroxyl groups excluding tert-OH is 1. The molecule has 0 aliphatic carbocycles. The Morgan fingerprint density at radius 3 is 2.67 bits per heavy atom. The second kappa shape index (κ2) is 7.33. The molecule has 0 aliphatic heterocycles. The van der Waals surface area contributed by atoms with Gasteiger partial charge in [-0.3, -0.25) is 14.6 Å². The first kappa shape index (κ1) is 15.7. The molecule has 0 saturated carbocycles. The maximum Gasteiger partial charge on any atom is 0.0597 e. The highest BCUT2D eigenvalue weighted by molar-refractivity contribution is 5.10. The van der Waals surface area contributed by atoms with Gasteiger partial charge in [0.15, 0.2) is 0 Å². The summed E-state index contributed by atoms with van der Waals surface area (Å²) in [5.74, 6) is 0. The molecular formula is C16H24N4O. The Balaban J connectivity index is 2.17. The van der Waals surface area contributed by atoms with Crippen molar-refractivity contribution in [3.05, 3.63) is 47.5 Å². The van der Waals surface area contributed by atoms with Gasteiger partial charge in [-0.15, -0.1) is 0 Å². The Kier molecular flexibility index (Phi) is 5.47. The van der Waals surface area contributed by atoms with Gasteiger partial charge in [-0.05, 0) is 31.5 Å². The van der Waals surface area contributed by atoms with Gasteiger partial charge in [-0.1, -0.05) is 13.0 Å². The first-order valence-corrected chi connectivity index (χ1v) is 7.38. The zero-order valence-corrected chi connectivity index (χ0v) is 13.0. The number of aryl methyl sites for hydroxylation is 2. The van der Waals surface area contributed by atoms with E-state index in [0.29, 0.717) is 0 Å². The second-order valence-electron chi connectivity index (χ2n) is 5.37. The van der Waals surface area contributed by atoms with Crippen molar-refractivity contribution < 1.29 is 5.11 Å². The van der Waals surface area contributed by atoms with E-state index < -0.39 is 0 Å². The number of hydrogen-bond donors (Lipinski definition) is 1. The summed E-state index contributed by atoms with van der Waals surface area (Å²) >= 11 is 0. The normalized spacial score (nSPS) is 12.8. The topological polar surface area (TPSA) is 54.2 Å². The van der Waals surface area contributed by atoms with E-state index in [1.54, 1.807) is 0 Å². The minimum Gasteiger partial charge on any atom is -0.395 e. The average molecular weight is 288 g/mol. The quantitative estimate of drug-likeness (QED) is 0.845. The fourth-order valence-electron chi connectivity index (χ4n) is 2.54. The third-order valence-electron chi connectivity index (χ3n) is 3.75. The third kappa shape index (κ3) is 4.12. The van der Waals surface area contributed by atoms with E-state index in [-0.39, 0.29) is 12.6 Å². The summed E-state index contributed by atoms with van der Waals surface area (Å²) in [5.41, 5.74) is 3.18. The van der Waals surface area contributed by atoms with Crippen LogP contribution in [0.2, 0.25) is 0 Å². The minimum absolute atomic E-state index is 0.127. The first-order chi connectivity index (χ1) is 10.1. The molecule has 21 heavy (non-hydrogen) atoms. The lowest BCUT2D eigenvalue weighted by Crippen LogP contribution is -2.37. The largest absolute Gasteiger partial charge is 0.395 e. The lowest BCUT2D eigenvalue weighted by molar-refractivity contribution is 0.103. The van der Waals surface area contributed by atoms with Gasteiger partial charge >= 0.3 is 0 Å². The molecule has 2 heterocycles. The average Bonchev–Trinajstić information content (AvgIpc) is 2.79. The summed E-state index contributed by atoms with van der Waals surface area (Å²) in [6.45, 7) is 5.73. The van der Waals surface area contributed by atoms with E-state index in [9.17, 15) is 5.11 Å². The molecule has 5 heteroatoms. The van der Waals surface area contributed by atoms with Crippen molar-refractivity contribution in [2.45, 2.75) is 39.4 Å². The van der Waals surface area contributed by atoms with Gasteiger partial charge in [0.25, 0.3) is 0 Å². The molecule has 0 radical (unpaired) electrons. The van der Waals surface area contributed by atoms with Crippen LogP contribution in [0.4, 0.5) is 0 Å². The van der Waals surface area contributed by atoms with Gasteiger partial charge in [0, 0.05) is 32.4 Å². The zero-order valence-electron chi connectivity index (χ0n) is 13.0. The molecule has 2 aromatic rings. The second-order valence-corrected chi connectivity index (χ2v) is 5.37. The summed E-state index contributed by atoms with van der Waals surface area (Å²) in [7, 11) is 1.96. The summed E-state index contributed by atoms with van der Waals surface area (Å²) < 4.78 is 1.91. The number of pyridine rings is 1. The molecule has 0 bridgehead atoms. The molecule has 0 saturated heterocycles. The fraction of sp³-hybridized carbons (Fsp3) is 0.500. The van der Waals surface area contributed by atoms with Crippen LogP contribution in [0.15, 0.2) is 30.5 Å². The van der Waals surface area contributed by atoms with E-state index >= 15 is 0 Å². The zero-order chi connectivity index (χ0) is 15.2. The third-order valence-corrected chi connectivity index (χ3v) is 3.75. The molecule has 2 aromatic heterocycles. The van der Waals surface area contributed by atoms with Gasteiger partial charge < -0.3 is 5.11 Å². The maximum absolute atomic E-state index is 9.64. The van der Waals surface area contributed by atoms with Crippen LogP contribution in [0.3, 0.4) is 0 Å². The monoisotopic (exact) mass is 288 g/mol. The Labute approximate surface area is 126 Å². The summed E-state index contributed by atoms with van der Waals surface area (Å²) in [6.07, 6.45) is 2.71. The van der Waals surface area contributed by atoms with Crippen molar-refractivity contribution in [3.8, 4) is 0 Å². The molecule has 0 unspecified atom stereocenters. The highest BCUT2D eigenvalue weighted by Crippen LogP contribution is 2.14. The number of hydrogen-bond acceptors (Lipinski definition) is 4. The summed E-state index contributed by atoms with van der Waals surface area (Å²) in [4.78, 5) is 6.66. The van der Waals surface area contributed by atoms with Crippen LogP contribution < -0.4 is 0 Å². The van der Waals surface area contributed by atoms with Crippen LogP contribution in [-0.2, 0) is 20.1 Å². The van der Waals surface area contributed by atoms with Gasteiger partial charge in [-0.25, -0.2) is 0 Å². The predicted octanol–water partition coefficient (Wildman–Crippen LogP) is 1.90. The van der Waals surface area contributed by atoms with Crippen LogP contribution in [0.1, 0.15) is 30.4 Å². The Morgan fingerprint density at radius 1 is 1.33 bits per heavy atom. The highest BCUT2D eigenvalue weighted by Gasteiger charge is 2.19. The standard InChI is InChI=1S/C16H24N4O/c1-4-15(12-21)20(10-14-7-5-6-8-17-14)11-16-9-13(2)18-19(16)3/h5-9,15,21H,4,10-12H2,1-3H3/t15-/m1/s1. The number of aliphatic hydroxyl groups is 1. The van der Waals surface area contributed by atoms with E-state index in [1.807, 2.05) is 43.0 Å². The van der Waals surface area contributed by atoms with Crippen LogP contribution in [0, 0.1) is 6.92 Å². The van der Waals surface area contributed by atoms with Crippen LogP contribution in [0.25, 0.3) is 0 Å². The molecule has 0 spiro atoms. The van der Waals surface area contributed by atoms with Gasteiger partial charge in [-0.2, -0.15) is 5.10 Å². The molecule has 5 nitrogen and oxygen atoms in total. The van der Waals surface area contributed by atoms with E-state index in [2.05, 4.69) is 28.0 Å².